The van der Waals surface area contributed by atoms with Crippen LogP contribution >= 0.6 is 22.9 Å². The van der Waals surface area contributed by atoms with E-state index in [0.29, 0.717) is 10.9 Å². The summed E-state index contributed by atoms with van der Waals surface area (Å²) in [5.74, 6) is 0.132. The van der Waals surface area contributed by atoms with Gasteiger partial charge in [0.1, 0.15) is 15.1 Å². The predicted molar refractivity (Wildman–Crippen MR) is 67.5 cm³/mol. The first-order chi connectivity index (χ1) is 8.63. The molecule has 1 aromatic heterocycles. The Balaban J connectivity index is 1.90. The van der Waals surface area contributed by atoms with Crippen molar-refractivity contribution in [1.29, 1.82) is 0 Å². The number of aromatic nitrogens is 1. The first kappa shape index (κ1) is 13.0. The van der Waals surface area contributed by atoms with E-state index in [1.54, 1.807) is 18.3 Å². The maximum Gasteiger partial charge on any atom is 0.387 e. The maximum absolute atomic E-state index is 11.9. The second-order valence-electron chi connectivity index (χ2n) is 3.31. The monoisotopic (exact) mass is 290 g/mol. The van der Waals surface area contributed by atoms with Crippen molar-refractivity contribution in [3.63, 3.8) is 0 Å². The molecule has 0 saturated heterocycles. The third-order valence-corrected chi connectivity index (χ3v) is 3.16. The molecule has 0 atom stereocenters. The van der Waals surface area contributed by atoms with Gasteiger partial charge >= 0.3 is 6.61 Å². The van der Waals surface area contributed by atoms with Crippen molar-refractivity contribution in [2.75, 3.05) is 5.32 Å². The van der Waals surface area contributed by atoms with E-state index < -0.39 is 6.61 Å². The summed E-state index contributed by atoms with van der Waals surface area (Å²) in [4.78, 5) is 4.09. The Kier molecular flexibility index (Phi) is 4.33. The Morgan fingerprint density at radius 2 is 2.06 bits per heavy atom. The van der Waals surface area contributed by atoms with E-state index in [1.807, 2.05) is 0 Å². The number of nitrogens with one attached hydrogen (secondary N) is 1. The smallest absolute Gasteiger partial charge is 0.387 e. The van der Waals surface area contributed by atoms with Crippen molar-refractivity contribution < 1.29 is 13.5 Å². The van der Waals surface area contributed by atoms with Crippen molar-refractivity contribution >= 4 is 28.6 Å². The van der Waals surface area contributed by atoms with Gasteiger partial charge in [-0.3, -0.25) is 0 Å². The molecular formula is C11H9ClF2N2OS. The standard InChI is InChI=1S/C11H9ClF2N2OS/c12-9-5-16-10(18-9)6-15-7-1-3-8(4-2-7)17-11(13)14/h1-5,11,15H,6H2. The lowest BCUT2D eigenvalue weighted by Gasteiger charge is -2.07. The Morgan fingerprint density at radius 3 is 2.61 bits per heavy atom. The molecule has 1 aromatic carbocycles. The van der Waals surface area contributed by atoms with Crippen LogP contribution in [0.15, 0.2) is 30.5 Å². The number of alkyl halides is 2. The molecule has 3 nitrogen and oxygen atoms in total. The summed E-state index contributed by atoms with van der Waals surface area (Å²) in [6, 6.07) is 6.27. The van der Waals surface area contributed by atoms with Gasteiger partial charge in [-0.05, 0) is 24.3 Å². The summed E-state index contributed by atoms with van der Waals surface area (Å²) in [6.07, 6.45) is 1.59. The van der Waals surface area contributed by atoms with Gasteiger partial charge in [0.15, 0.2) is 0 Å². The topological polar surface area (TPSA) is 34.1 Å². The Hall–Kier alpha value is -1.40. The van der Waals surface area contributed by atoms with E-state index in [9.17, 15) is 8.78 Å². The minimum Gasteiger partial charge on any atom is -0.435 e. The van der Waals surface area contributed by atoms with Crippen LogP contribution in [-0.2, 0) is 6.54 Å². The molecular weight excluding hydrogens is 282 g/mol. The van der Waals surface area contributed by atoms with Gasteiger partial charge in [0.05, 0.1) is 12.7 Å². The van der Waals surface area contributed by atoms with Crippen LogP contribution < -0.4 is 10.1 Å². The molecule has 0 aliphatic carbocycles. The lowest BCUT2D eigenvalue weighted by Crippen LogP contribution is -2.02. The molecule has 0 fully saturated rings. The quantitative estimate of drug-likeness (QED) is 0.903. The van der Waals surface area contributed by atoms with Crippen molar-refractivity contribution in [1.82, 2.24) is 4.98 Å². The molecule has 1 N–H and O–H groups in total. The Morgan fingerprint density at radius 1 is 1.33 bits per heavy atom. The highest BCUT2D eigenvalue weighted by Gasteiger charge is 2.04. The third-order valence-electron chi connectivity index (χ3n) is 2.05. The summed E-state index contributed by atoms with van der Waals surface area (Å²) in [5, 5.41) is 3.96. The van der Waals surface area contributed by atoms with Gasteiger partial charge < -0.3 is 10.1 Å². The summed E-state index contributed by atoms with van der Waals surface area (Å²) in [7, 11) is 0. The second-order valence-corrected chi connectivity index (χ2v) is 5.06. The summed E-state index contributed by atoms with van der Waals surface area (Å²) >= 11 is 7.14. The van der Waals surface area contributed by atoms with Crippen LogP contribution in [0.1, 0.15) is 5.01 Å². The highest BCUT2D eigenvalue weighted by atomic mass is 35.5. The van der Waals surface area contributed by atoms with Crippen LogP contribution in [0.2, 0.25) is 4.34 Å². The number of hydrogen-bond donors (Lipinski definition) is 1. The molecule has 2 rings (SSSR count). The summed E-state index contributed by atoms with van der Waals surface area (Å²) < 4.78 is 28.7. The molecule has 0 radical (unpaired) electrons. The second kappa shape index (κ2) is 5.97. The molecule has 1 heterocycles. The van der Waals surface area contributed by atoms with Gasteiger partial charge in [0.25, 0.3) is 0 Å². The van der Waals surface area contributed by atoms with E-state index in [-0.39, 0.29) is 5.75 Å². The van der Waals surface area contributed by atoms with Gasteiger partial charge in [-0.25, -0.2) is 4.98 Å². The number of ether oxygens (including phenoxy) is 1. The molecule has 2 aromatic rings. The fourth-order valence-corrected chi connectivity index (χ4v) is 2.20. The van der Waals surface area contributed by atoms with Gasteiger partial charge in [0.2, 0.25) is 0 Å². The summed E-state index contributed by atoms with van der Waals surface area (Å²) in [6.45, 7) is -2.27. The van der Waals surface area contributed by atoms with E-state index in [1.165, 1.54) is 23.5 Å². The zero-order chi connectivity index (χ0) is 13.0. The predicted octanol–water partition coefficient (Wildman–Crippen LogP) is 4.01. The molecule has 0 bridgehead atoms. The first-order valence-corrected chi connectivity index (χ1v) is 6.22. The fourth-order valence-electron chi connectivity index (χ4n) is 1.30. The number of rotatable bonds is 5. The number of anilines is 1. The van der Waals surface area contributed by atoms with Crippen molar-refractivity contribution in [2.24, 2.45) is 0 Å². The molecule has 0 amide bonds. The SMILES string of the molecule is FC(F)Oc1ccc(NCc2ncc(Cl)s2)cc1. The molecule has 18 heavy (non-hydrogen) atoms. The first-order valence-electron chi connectivity index (χ1n) is 5.02. The Bertz CT molecular complexity index is 504. The number of hydrogen-bond acceptors (Lipinski definition) is 4. The van der Waals surface area contributed by atoms with E-state index in [2.05, 4.69) is 15.0 Å². The fraction of sp³-hybridized carbons (Fsp3) is 0.182. The van der Waals surface area contributed by atoms with Crippen LogP contribution in [0.25, 0.3) is 0 Å². The van der Waals surface area contributed by atoms with E-state index in [0.717, 1.165) is 10.7 Å². The third kappa shape index (κ3) is 3.82. The van der Waals surface area contributed by atoms with Gasteiger partial charge in [-0.2, -0.15) is 8.78 Å². The van der Waals surface area contributed by atoms with Crippen LogP contribution in [-0.4, -0.2) is 11.6 Å². The number of halogens is 3. The molecule has 96 valence electrons. The highest BCUT2D eigenvalue weighted by Crippen LogP contribution is 2.21. The van der Waals surface area contributed by atoms with Crippen LogP contribution in [0.3, 0.4) is 0 Å². The zero-order valence-corrected chi connectivity index (χ0v) is 10.6. The van der Waals surface area contributed by atoms with E-state index in [4.69, 9.17) is 11.6 Å². The number of benzene rings is 1. The molecule has 0 aliphatic heterocycles. The molecule has 7 heteroatoms. The lowest BCUT2D eigenvalue weighted by molar-refractivity contribution is -0.0498. The number of thiazole rings is 1. The number of nitrogens with zero attached hydrogens (tertiary/aromatic N) is 1. The van der Waals surface area contributed by atoms with E-state index >= 15 is 0 Å². The zero-order valence-electron chi connectivity index (χ0n) is 9.07. The normalized spacial score (nSPS) is 10.7. The van der Waals surface area contributed by atoms with Crippen molar-refractivity contribution in [3.05, 3.63) is 39.8 Å². The molecule has 0 saturated carbocycles. The minimum absolute atomic E-state index is 0.132. The van der Waals surface area contributed by atoms with Crippen LogP contribution in [0, 0.1) is 0 Å². The molecule has 0 aliphatic rings. The van der Waals surface area contributed by atoms with Crippen molar-refractivity contribution in [2.45, 2.75) is 13.2 Å². The maximum atomic E-state index is 11.9. The van der Waals surface area contributed by atoms with Crippen LogP contribution in [0.5, 0.6) is 5.75 Å². The van der Waals surface area contributed by atoms with Gasteiger partial charge in [-0.15, -0.1) is 11.3 Å². The van der Waals surface area contributed by atoms with Crippen molar-refractivity contribution in [3.8, 4) is 5.75 Å². The van der Waals surface area contributed by atoms with Crippen LogP contribution in [0.4, 0.5) is 14.5 Å². The highest BCUT2D eigenvalue weighted by molar-refractivity contribution is 7.15. The minimum atomic E-state index is -2.80. The Labute approximate surface area is 111 Å². The van der Waals surface area contributed by atoms with Gasteiger partial charge in [-0.1, -0.05) is 11.6 Å². The largest absolute Gasteiger partial charge is 0.435 e. The summed E-state index contributed by atoms with van der Waals surface area (Å²) in [5.41, 5.74) is 0.794. The van der Waals surface area contributed by atoms with Gasteiger partial charge in [0, 0.05) is 5.69 Å². The average Bonchev–Trinajstić information content (AvgIpc) is 2.74. The molecule has 0 unspecified atom stereocenters. The average molecular weight is 291 g/mol. The lowest BCUT2D eigenvalue weighted by atomic mass is 10.3. The molecule has 0 spiro atoms.